The van der Waals surface area contributed by atoms with Gasteiger partial charge in [-0.15, -0.1) is 0 Å². The van der Waals surface area contributed by atoms with Gasteiger partial charge in [0.15, 0.2) is 0 Å². The van der Waals surface area contributed by atoms with Crippen molar-refractivity contribution in [2.45, 2.75) is 5.92 Å². The highest BCUT2D eigenvalue weighted by atomic mass is 32.1. The lowest BCUT2D eigenvalue weighted by atomic mass is 9.83. The molecule has 4 rings (SSSR count). The van der Waals surface area contributed by atoms with E-state index in [1.807, 2.05) is 24.3 Å². The molecule has 1 aliphatic rings. The van der Waals surface area contributed by atoms with E-state index in [1.165, 1.54) is 31.4 Å². The molecule has 0 saturated heterocycles. The smallest absolute Gasteiger partial charge is 0.340 e. The summed E-state index contributed by atoms with van der Waals surface area (Å²) < 4.78 is 24.5. The van der Waals surface area contributed by atoms with E-state index in [0.29, 0.717) is 16.9 Å². The molecule has 1 unspecified atom stereocenters. The molecule has 0 bridgehead atoms. The zero-order chi connectivity index (χ0) is 19.1. The number of carbonyl (C=O) groups is 1. The summed E-state index contributed by atoms with van der Waals surface area (Å²) in [5, 5.41) is 0.719. The van der Waals surface area contributed by atoms with Gasteiger partial charge >= 0.3 is 5.97 Å². The molecule has 0 saturated carbocycles. The maximum absolute atomic E-state index is 13.4. The Hall–Kier alpha value is -3.19. The van der Waals surface area contributed by atoms with Crippen molar-refractivity contribution in [3.8, 4) is 5.75 Å². The second-order valence-corrected chi connectivity index (χ2v) is 7.00. The summed E-state index contributed by atoms with van der Waals surface area (Å²) in [7, 11) is 1.22. The Bertz CT molecular complexity index is 1150. The highest BCUT2D eigenvalue weighted by Gasteiger charge is 2.38. The Morgan fingerprint density at radius 3 is 2.59 bits per heavy atom. The summed E-state index contributed by atoms with van der Waals surface area (Å²) in [6.07, 6.45) is 0. The van der Waals surface area contributed by atoms with Crippen molar-refractivity contribution in [1.82, 2.24) is 0 Å². The zero-order valence-corrected chi connectivity index (χ0v) is 15.0. The van der Waals surface area contributed by atoms with Crippen molar-refractivity contribution in [1.29, 1.82) is 0 Å². The molecule has 2 heterocycles. The Labute approximate surface area is 157 Å². The van der Waals surface area contributed by atoms with E-state index in [2.05, 4.69) is 0 Å². The molecule has 136 valence electrons. The van der Waals surface area contributed by atoms with E-state index in [1.54, 1.807) is 0 Å². The van der Waals surface area contributed by atoms with Gasteiger partial charge in [0.2, 0.25) is 10.6 Å². The van der Waals surface area contributed by atoms with Crippen molar-refractivity contribution in [2.75, 3.05) is 7.11 Å². The van der Waals surface area contributed by atoms with Crippen LogP contribution in [0.4, 0.5) is 4.39 Å². The second-order valence-electron chi connectivity index (χ2n) is 5.98. The van der Waals surface area contributed by atoms with Crippen LogP contribution in [-0.2, 0) is 9.53 Å². The van der Waals surface area contributed by atoms with E-state index in [0.717, 1.165) is 21.4 Å². The summed E-state index contributed by atoms with van der Waals surface area (Å²) in [4.78, 5) is 25.3. The number of hydrogen-bond acceptors (Lipinski definition) is 6. The molecule has 3 aromatic rings. The van der Waals surface area contributed by atoms with E-state index in [-0.39, 0.29) is 16.2 Å². The summed E-state index contributed by atoms with van der Waals surface area (Å²) in [5.41, 5.74) is 6.91. The van der Waals surface area contributed by atoms with Crippen LogP contribution in [0.5, 0.6) is 5.75 Å². The minimum absolute atomic E-state index is 0.0242. The number of rotatable bonds is 2. The molecule has 2 aromatic carbocycles. The number of carbonyl (C=O) groups excluding carboxylic acids is 1. The maximum Gasteiger partial charge on any atom is 0.340 e. The summed E-state index contributed by atoms with van der Waals surface area (Å²) in [6.45, 7) is 0. The van der Waals surface area contributed by atoms with Crippen molar-refractivity contribution in [3.63, 3.8) is 0 Å². The standard InChI is InChI=1S/C20H14FNO4S/c1-25-19(23)16-14(10-6-8-11(21)9-7-10)15-17(26-18(16)22)12-4-2-3-5-13(12)27-20(15)24/h2-9,14H,22H2,1H3. The number of hydrogen-bond donors (Lipinski definition) is 1. The Kier molecular flexibility index (Phi) is 4.16. The molecule has 7 heteroatoms. The molecule has 0 amide bonds. The molecule has 0 radical (unpaired) electrons. The van der Waals surface area contributed by atoms with Crippen LogP contribution in [0.3, 0.4) is 0 Å². The average molecular weight is 383 g/mol. The lowest BCUT2D eigenvalue weighted by Crippen LogP contribution is -2.30. The lowest BCUT2D eigenvalue weighted by Gasteiger charge is -2.28. The van der Waals surface area contributed by atoms with E-state index < -0.39 is 17.7 Å². The highest BCUT2D eigenvalue weighted by Crippen LogP contribution is 2.44. The molecule has 2 N–H and O–H groups in total. The van der Waals surface area contributed by atoms with Gasteiger partial charge in [-0.25, -0.2) is 9.18 Å². The fourth-order valence-electron chi connectivity index (χ4n) is 3.26. The molecule has 5 nitrogen and oxygen atoms in total. The quantitative estimate of drug-likeness (QED) is 0.687. The van der Waals surface area contributed by atoms with Crippen LogP contribution in [0, 0.1) is 5.82 Å². The van der Waals surface area contributed by atoms with Gasteiger partial charge in [-0.05, 0) is 29.8 Å². The SMILES string of the molecule is COC(=O)C1=C(N)Oc2c(c(=O)sc3ccccc23)C1c1ccc(F)cc1. The molecule has 0 spiro atoms. The lowest BCUT2D eigenvalue weighted by molar-refractivity contribution is -0.136. The summed E-state index contributed by atoms with van der Waals surface area (Å²) in [6, 6.07) is 12.9. The Morgan fingerprint density at radius 2 is 1.89 bits per heavy atom. The van der Waals surface area contributed by atoms with E-state index >= 15 is 0 Å². The predicted octanol–water partition coefficient (Wildman–Crippen LogP) is 3.27. The fraction of sp³-hybridized carbons (Fsp3) is 0.100. The third-order valence-electron chi connectivity index (χ3n) is 4.46. The Balaban J connectivity index is 2.07. The first-order chi connectivity index (χ1) is 13.0. The highest BCUT2D eigenvalue weighted by molar-refractivity contribution is 7.16. The van der Waals surface area contributed by atoms with Crippen molar-refractivity contribution < 1.29 is 18.7 Å². The first-order valence-corrected chi connectivity index (χ1v) is 8.90. The Morgan fingerprint density at radius 1 is 1.19 bits per heavy atom. The maximum atomic E-state index is 13.4. The molecule has 1 aromatic heterocycles. The molecule has 27 heavy (non-hydrogen) atoms. The summed E-state index contributed by atoms with van der Waals surface area (Å²) >= 11 is 1.06. The van der Waals surface area contributed by atoms with Gasteiger partial charge in [0.25, 0.3) is 0 Å². The largest absolute Gasteiger partial charge is 0.465 e. The second kappa shape index (κ2) is 6.51. The fourth-order valence-corrected chi connectivity index (χ4v) is 4.20. The third kappa shape index (κ3) is 2.76. The first-order valence-electron chi connectivity index (χ1n) is 8.08. The zero-order valence-electron chi connectivity index (χ0n) is 14.2. The topological polar surface area (TPSA) is 78.6 Å². The number of methoxy groups -OCH3 is 1. The van der Waals surface area contributed by atoms with E-state index in [4.69, 9.17) is 15.2 Å². The van der Waals surface area contributed by atoms with E-state index in [9.17, 15) is 14.0 Å². The molecule has 0 aliphatic carbocycles. The molecular weight excluding hydrogens is 369 g/mol. The van der Waals surface area contributed by atoms with Crippen LogP contribution in [0.1, 0.15) is 17.0 Å². The first kappa shape index (κ1) is 17.2. The van der Waals surface area contributed by atoms with Crippen LogP contribution >= 0.6 is 11.3 Å². The number of fused-ring (bicyclic) bond motifs is 3. The van der Waals surface area contributed by atoms with Gasteiger partial charge in [0.1, 0.15) is 17.1 Å². The number of benzene rings is 2. The molecular formula is C20H14FNO4S. The van der Waals surface area contributed by atoms with Crippen molar-refractivity contribution in [3.05, 3.63) is 86.5 Å². The van der Waals surface area contributed by atoms with Crippen LogP contribution in [-0.4, -0.2) is 13.1 Å². The van der Waals surface area contributed by atoms with Crippen molar-refractivity contribution >= 4 is 27.4 Å². The van der Waals surface area contributed by atoms with Crippen LogP contribution < -0.4 is 15.2 Å². The van der Waals surface area contributed by atoms with Crippen molar-refractivity contribution in [2.24, 2.45) is 5.73 Å². The number of halogens is 1. The monoisotopic (exact) mass is 383 g/mol. The molecule has 1 atom stereocenters. The molecule has 0 fully saturated rings. The number of ether oxygens (including phenoxy) is 2. The number of esters is 1. The van der Waals surface area contributed by atoms with Gasteiger partial charge < -0.3 is 15.2 Å². The van der Waals surface area contributed by atoms with Gasteiger partial charge in [-0.2, -0.15) is 0 Å². The molecule has 1 aliphatic heterocycles. The minimum atomic E-state index is -0.810. The van der Waals surface area contributed by atoms with Gasteiger partial charge in [-0.3, -0.25) is 4.79 Å². The minimum Gasteiger partial charge on any atom is -0.465 e. The summed E-state index contributed by atoms with van der Waals surface area (Å²) in [5.74, 6) is -1.76. The number of nitrogens with two attached hydrogens (primary N) is 1. The normalized spacial score (nSPS) is 16.0. The predicted molar refractivity (Wildman–Crippen MR) is 100 cm³/mol. The van der Waals surface area contributed by atoms with Crippen LogP contribution in [0.2, 0.25) is 0 Å². The van der Waals surface area contributed by atoms with Crippen LogP contribution in [0.25, 0.3) is 10.1 Å². The van der Waals surface area contributed by atoms with Gasteiger partial charge in [0, 0.05) is 10.1 Å². The third-order valence-corrected chi connectivity index (χ3v) is 5.44. The van der Waals surface area contributed by atoms with Crippen LogP contribution in [0.15, 0.2) is 64.8 Å². The van der Waals surface area contributed by atoms with Gasteiger partial charge in [-0.1, -0.05) is 35.6 Å². The average Bonchev–Trinajstić information content (AvgIpc) is 2.67. The van der Waals surface area contributed by atoms with Gasteiger partial charge in [0.05, 0.1) is 18.6 Å².